The third kappa shape index (κ3) is 65.2. The van der Waals surface area contributed by atoms with E-state index in [2.05, 4.69) is 76.7 Å². The van der Waals surface area contributed by atoms with Gasteiger partial charge in [-0.05, 0) is 126 Å². The molecule has 0 aromatic rings. The van der Waals surface area contributed by atoms with Gasteiger partial charge in [0.15, 0.2) is 0 Å². The lowest BCUT2D eigenvalue weighted by molar-refractivity contribution is -0.191. The van der Waals surface area contributed by atoms with Gasteiger partial charge >= 0.3 is 47.8 Å². The van der Waals surface area contributed by atoms with Gasteiger partial charge in [-0.3, -0.25) is 38.4 Å². The fourth-order valence-electron chi connectivity index (χ4n) is 19.6. The van der Waals surface area contributed by atoms with Crippen LogP contribution in [-0.2, 0) is 95.4 Å². The van der Waals surface area contributed by atoms with Crippen LogP contribution in [-0.4, -0.2) is 146 Å². The quantitative estimate of drug-likeness (QED) is 0.0190. The summed E-state index contributed by atoms with van der Waals surface area (Å²) in [4.78, 5) is 144. The molecule has 4 amide bonds. The van der Waals surface area contributed by atoms with E-state index in [1.54, 1.807) is 0 Å². The molecule has 0 aliphatic carbocycles. The number of rotatable bonds is 92. The molecule has 4 aliphatic rings. The van der Waals surface area contributed by atoms with Crippen molar-refractivity contribution in [1.29, 1.82) is 0 Å². The zero-order valence-corrected chi connectivity index (χ0v) is 92.1. The molecule has 16 atom stereocenters. The summed E-state index contributed by atoms with van der Waals surface area (Å²) in [5, 5.41) is 10.5. The Labute approximate surface area is 853 Å². The third-order valence-electron chi connectivity index (χ3n) is 28.2. The van der Waals surface area contributed by atoms with Crippen molar-refractivity contribution >= 4 is 73.4 Å². The van der Waals surface area contributed by atoms with Gasteiger partial charge in [0, 0.05) is 25.7 Å². The molecule has 0 radical (unpaired) electrons. The second-order valence-corrected chi connectivity index (χ2v) is 43.2. The molecule has 0 saturated carbocycles. The molecular weight excluding hydrogens is 1770 g/mol. The van der Waals surface area contributed by atoms with Gasteiger partial charge in [-0.15, -0.1) is 0 Å². The average molecular weight is 1980 g/mol. The summed E-state index contributed by atoms with van der Waals surface area (Å²) in [5.74, 6) is -1.21. The number of carbonyl (C=O) groups excluding carboxylic acids is 12. The summed E-state index contributed by atoms with van der Waals surface area (Å²) in [6.07, 6.45) is 74.0. The molecular formula is C116H212N4O20. The van der Waals surface area contributed by atoms with Crippen molar-refractivity contribution in [1.82, 2.24) is 21.3 Å². The number of carbonyl (C=O) groups is 12. The van der Waals surface area contributed by atoms with Crippen molar-refractivity contribution in [3.63, 3.8) is 0 Å². The molecule has 140 heavy (non-hydrogen) atoms. The second kappa shape index (κ2) is 88.0. The van der Waals surface area contributed by atoms with Gasteiger partial charge in [0.2, 0.25) is 25.6 Å². The minimum absolute atomic E-state index is 0.0734. The molecule has 0 aromatic carbocycles. The minimum Gasteiger partial charge on any atom is -0.461 e. The normalized spacial score (nSPS) is 19.1. The molecule has 4 rings (SSSR count). The van der Waals surface area contributed by atoms with Gasteiger partial charge in [0.25, 0.3) is 0 Å². The van der Waals surface area contributed by atoms with Crippen LogP contribution in [0.5, 0.6) is 0 Å². The molecule has 4 aliphatic heterocycles. The minimum atomic E-state index is -0.632. The van der Waals surface area contributed by atoms with Crippen molar-refractivity contribution in [2.45, 2.75) is 620 Å². The lowest BCUT2D eigenvalue weighted by Crippen LogP contribution is -2.48. The predicted molar refractivity (Wildman–Crippen MR) is 564 cm³/mol. The van der Waals surface area contributed by atoms with Gasteiger partial charge in [0.05, 0.1) is 23.7 Å². The van der Waals surface area contributed by atoms with Crippen LogP contribution in [0.4, 0.5) is 0 Å². The first-order valence-electron chi connectivity index (χ1n) is 58.1. The van der Waals surface area contributed by atoms with E-state index in [9.17, 15) is 57.5 Å². The number of esters is 8. The Balaban J connectivity index is 0.000000933. The number of ether oxygens (including phenoxy) is 8. The lowest BCUT2D eigenvalue weighted by atomic mass is 9.86. The monoisotopic (exact) mass is 1980 g/mol. The molecule has 0 spiro atoms. The van der Waals surface area contributed by atoms with E-state index >= 15 is 0 Å². The molecule has 0 unspecified atom stereocenters. The van der Waals surface area contributed by atoms with E-state index < -0.39 is 24.2 Å². The second-order valence-electron chi connectivity index (χ2n) is 43.2. The summed E-state index contributed by atoms with van der Waals surface area (Å²) < 4.78 is 45.6. The summed E-state index contributed by atoms with van der Waals surface area (Å²) in [6, 6.07) is -2.53. The molecule has 4 saturated heterocycles. The van der Waals surface area contributed by atoms with Crippen LogP contribution in [0.3, 0.4) is 0 Å². The van der Waals surface area contributed by atoms with Crippen LogP contribution in [0, 0.1) is 47.3 Å². The lowest BCUT2D eigenvalue weighted by Gasteiger charge is -2.37. The highest BCUT2D eigenvalue weighted by molar-refractivity contribution is 5.82. The van der Waals surface area contributed by atoms with E-state index in [1.807, 2.05) is 55.4 Å². The van der Waals surface area contributed by atoms with Gasteiger partial charge in [-0.2, -0.15) is 0 Å². The third-order valence-corrected chi connectivity index (χ3v) is 28.2. The molecule has 24 nitrogen and oxygen atoms in total. The zero-order chi connectivity index (χ0) is 104. The van der Waals surface area contributed by atoms with Gasteiger partial charge in [0.1, 0.15) is 73.0 Å². The van der Waals surface area contributed by atoms with Crippen LogP contribution < -0.4 is 21.3 Å². The molecule has 0 bridgehead atoms. The van der Waals surface area contributed by atoms with Gasteiger partial charge in [-0.25, -0.2) is 19.2 Å². The highest BCUT2D eigenvalue weighted by Gasteiger charge is 2.48. The predicted octanol–water partition coefficient (Wildman–Crippen LogP) is 27.5. The summed E-state index contributed by atoms with van der Waals surface area (Å²) in [7, 11) is 0. The summed E-state index contributed by atoms with van der Waals surface area (Å²) in [5.41, 5.74) is 0. The molecule has 4 fully saturated rings. The average Bonchev–Trinajstić information content (AvgIpc) is 0.823. The topological polar surface area (TPSA) is 327 Å². The number of nitrogens with one attached hydrogen (secondary N) is 4. The standard InChI is InChI=1S/4C29H53NO5/c4*1-5-7-9-11-12-13-14-15-16-18-24(34-29(33)26(30-22-31)20-23(3)4)21-27-25(28(32)35-27)19-17-10-8-6-2/h4*22-27H,5-21H2,1-4H3,(H,30,31)/t4*24-,25-,26-,27-/m0000/s1. The molecule has 0 aromatic heterocycles. The van der Waals surface area contributed by atoms with Crippen molar-refractivity contribution < 1.29 is 95.4 Å². The maximum absolute atomic E-state index is 12.9. The van der Waals surface area contributed by atoms with Crippen LogP contribution in [0.2, 0.25) is 0 Å². The Morgan fingerprint density at radius 2 is 0.379 bits per heavy atom. The summed E-state index contributed by atoms with van der Waals surface area (Å²) >= 11 is 0. The van der Waals surface area contributed by atoms with Crippen LogP contribution >= 0.6 is 0 Å². The fraction of sp³-hybridized carbons (Fsp3) is 0.897. The van der Waals surface area contributed by atoms with E-state index in [0.717, 1.165) is 154 Å². The number of hydrogen-bond acceptors (Lipinski definition) is 20. The Kier molecular flexibility index (Phi) is 82.7. The van der Waals surface area contributed by atoms with E-state index in [1.165, 1.54) is 231 Å². The van der Waals surface area contributed by atoms with E-state index in [4.69, 9.17) is 37.9 Å². The number of unbranched alkanes of at least 4 members (excludes halogenated alkanes) is 44. The first-order chi connectivity index (χ1) is 67.7. The SMILES string of the molecule is CCCCCCCCCCC[C@@H](C[C@@H]1OC(=O)[C@H]1CCCCCC)OC(=O)[C@H](CC(C)C)NC=O.CCCCCCCCCCC[C@@H](C[C@@H]1OC(=O)[C@H]1CCCCCC)OC(=O)[C@H](CC(C)C)NC=O.CCCCCCCCCCC[C@@H](C[C@@H]1OC(=O)[C@H]1CCCCCC)OC(=O)[C@H](CC(C)C)NC=O.CCCCCCCCCCC[C@@H](C[C@@H]1OC(=O)[C@H]1CCCCCC)OC(=O)[C@H](CC(C)C)NC=O. The molecule has 4 N–H and O–H groups in total. The van der Waals surface area contributed by atoms with Crippen LogP contribution in [0.1, 0.15) is 547 Å². The van der Waals surface area contributed by atoms with Gasteiger partial charge in [-0.1, -0.05) is 419 Å². The molecule has 4 heterocycles. The Hall–Kier alpha value is -6.36. The van der Waals surface area contributed by atoms with Crippen molar-refractivity contribution in [3.8, 4) is 0 Å². The maximum atomic E-state index is 12.9. The van der Waals surface area contributed by atoms with E-state index in [0.29, 0.717) is 77.0 Å². The largest absolute Gasteiger partial charge is 0.461 e. The highest BCUT2D eigenvalue weighted by atomic mass is 16.6. The van der Waals surface area contributed by atoms with Gasteiger partial charge < -0.3 is 59.2 Å². The first kappa shape index (κ1) is 132. The highest BCUT2D eigenvalue weighted by Crippen LogP contribution is 2.38. The van der Waals surface area contributed by atoms with Crippen molar-refractivity contribution in [3.05, 3.63) is 0 Å². The zero-order valence-electron chi connectivity index (χ0n) is 92.1. The smallest absolute Gasteiger partial charge is 0.328 e. The van der Waals surface area contributed by atoms with E-state index in [-0.39, 0.29) is 144 Å². The van der Waals surface area contributed by atoms with Crippen LogP contribution in [0.15, 0.2) is 0 Å². The first-order valence-corrected chi connectivity index (χ1v) is 58.1. The Morgan fingerprint density at radius 1 is 0.236 bits per heavy atom. The van der Waals surface area contributed by atoms with Crippen molar-refractivity contribution in [2.24, 2.45) is 47.3 Å². The maximum Gasteiger partial charge on any atom is 0.328 e. The molecule has 24 heteroatoms. The molecule has 816 valence electrons. The number of amides is 4. The van der Waals surface area contributed by atoms with Crippen molar-refractivity contribution in [2.75, 3.05) is 0 Å². The Morgan fingerprint density at radius 3 is 0.514 bits per heavy atom. The number of hydrogen-bond donors (Lipinski definition) is 4. The van der Waals surface area contributed by atoms with Crippen LogP contribution in [0.25, 0.3) is 0 Å². The Bertz CT molecular complexity index is 2720. The number of cyclic esters (lactones) is 4. The fourth-order valence-corrected chi connectivity index (χ4v) is 19.6. The summed E-state index contributed by atoms with van der Waals surface area (Å²) in [6.45, 7) is 33.8.